The van der Waals surface area contributed by atoms with E-state index in [9.17, 15) is 13.2 Å². The largest absolute Gasteiger partial charge is 0.362 e. The Labute approximate surface area is 190 Å². The van der Waals surface area contributed by atoms with Gasteiger partial charge in [0, 0.05) is 46.5 Å². The third-order valence-corrected chi connectivity index (χ3v) is 6.05. The number of aryl methyl sites for hydroxylation is 1. The van der Waals surface area contributed by atoms with Gasteiger partial charge in [-0.05, 0) is 55.0 Å². The molecule has 0 aliphatic rings. The van der Waals surface area contributed by atoms with Gasteiger partial charge < -0.3 is 10.7 Å². The second-order valence-corrected chi connectivity index (χ2v) is 8.91. The van der Waals surface area contributed by atoms with Crippen LogP contribution in [-0.2, 0) is 10.0 Å². The standard InChI is InChI=1S/C24H21N5O3S/c1-3-33(31,32)28-22-14-19(8-5-16(22)2)29-23(30)10-6-17-15-27-21-9-7-18(26-12-4-11-25)13-20(21)24(17)29/h3-15,25-26,28H,1H2,2H3/b12-4-,25-11?. The van der Waals surface area contributed by atoms with Crippen LogP contribution in [0, 0.1) is 12.3 Å². The Morgan fingerprint density at radius 2 is 1.94 bits per heavy atom. The van der Waals surface area contributed by atoms with Gasteiger partial charge in [-0.15, -0.1) is 0 Å². The van der Waals surface area contributed by atoms with Gasteiger partial charge in [-0.1, -0.05) is 12.6 Å². The van der Waals surface area contributed by atoms with Gasteiger partial charge in [0.2, 0.25) is 0 Å². The fraction of sp³-hybridized carbons (Fsp3) is 0.0417. The van der Waals surface area contributed by atoms with Crippen LogP contribution >= 0.6 is 0 Å². The van der Waals surface area contributed by atoms with Gasteiger partial charge in [0.1, 0.15) is 0 Å². The number of sulfonamides is 1. The van der Waals surface area contributed by atoms with E-state index in [0.29, 0.717) is 28.0 Å². The highest BCUT2D eigenvalue weighted by atomic mass is 32.2. The number of allylic oxidation sites excluding steroid dienone is 1. The number of hydrogen-bond acceptors (Lipinski definition) is 6. The molecule has 0 aliphatic carbocycles. The molecule has 0 radical (unpaired) electrons. The number of fused-ring (bicyclic) bond motifs is 3. The van der Waals surface area contributed by atoms with Crippen molar-refractivity contribution in [2.24, 2.45) is 0 Å². The first-order chi connectivity index (χ1) is 15.8. The summed E-state index contributed by atoms with van der Waals surface area (Å²) < 4.78 is 28.1. The minimum absolute atomic E-state index is 0.265. The number of anilines is 2. The second-order valence-electron chi connectivity index (χ2n) is 7.28. The molecule has 33 heavy (non-hydrogen) atoms. The first-order valence-corrected chi connectivity index (χ1v) is 11.5. The van der Waals surface area contributed by atoms with Gasteiger partial charge in [-0.25, -0.2) is 8.42 Å². The molecule has 9 heteroatoms. The Bertz CT molecular complexity index is 1600. The Hall–Kier alpha value is -4.24. The maximum Gasteiger partial charge on any atom is 0.255 e. The van der Waals surface area contributed by atoms with Crippen LogP contribution in [-0.4, -0.2) is 24.2 Å². The number of pyridine rings is 2. The summed E-state index contributed by atoms with van der Waals surface area (Å²) in [6.45, 7) is 5.10. The van der Waals surface area contributed by atoms with E-state index in [2.05, 4.69) is 21.6 Å². The Morgan fingerprint density at radius 1 is 1.12 bits per heavy atom. The number of benzene rings is 2. The SMILES string of the molecule is C=CS(=O)(=O)Nc1cc(-n2c(=O)ccc3cnc4ccc(N/C=C\C=N)cc4c32)ccc1C. The summed E-state index contributed by atoms with van der Waals surface area (Å²) in [6, 6.07) is 13.9. The Morgan fingerprint density at radius 3 is 2.70 bits per heavy atom. The van der Waals surface area contributed by atoms with Gasteiger partial charge in [0.05, 0.1) is 22.4 Å². The Balaban J connectivity index is 1.99. The normalized spacial score (nSPS) is 11.7. The number of nitrogens with one attached hydrogen (secondary N) is 3. The van der Waals surface area contributed by atoms with Crippen molar-refractivity contribution >= 4 is 49.4 Å². The lowest BCUT2D eigenvalue weighted by molar-refractivity contribution is 0.609. The van der Waals surface area contributed by atoms with Crippen molar-refractivity contribution in [3.05, 3.63) is 94.9 Å². The number of nitrogens with zero attached hydrogens (tertiary/aromatic N) is 2. The summed E-state index contributed by atoms with van der Waals surface area (Å²) in [6.07, 6.45) is 6.06. The van der Waals surface area contributed by atoms with Crippen LogP contribution in [0.15, 0.2) is 83.8 Å². The summed E-state index contributed by atoms with van der Waals surface area (Å²) in [4.78, 5) is 17.5. The molecule has 0 atom stereocenters. The van der Waals surface area contributed by atoms with Crippen molar-refractivity contribution in [1.29, 1.82) is 5.41 Å². The highest BCUT2D eigenvalue weighted by Gasteiger charge is 2.14. The fourth-order valence-electron chi connectivity index (χ4n) is 3.50. The van der Waals surface area contributed by atoms with Crippen molar-refractivity contribution in [2.75, 3.05) is 10.0 Å². The monoisotopic (exact) mass is 459 g/mol. The maximum absolute atomic E-state index is 13.0. The molecular weight excluding hydrogens is 438 g/mol. The summed E-state index contributed by atoms with van der Waals surface area (Å²) in [5.74, 6) is 0. The van der Waals surface area contributed by atoms with Gasteiger partial charge in [-0.3, -0.25) is 19.1 Å². The minimum atomic E-state index is -3.71. The van der Waals surface area contributed by atoms with Gasteiger partial charge in [-0.2, -0.15) is 0 Å². The van der Waals surface area contributed by atoms with E-state index in [1.165, 1.54) is 6.07 Å². The van der Waals surface area contributed by atoms with Crippen molar-refractivity contribution in [2.45, 2.75) is 6.92 Å². The van der Waals surface area contributed by atoms with Gasteiger partial charge in [0.15, 0.2) is 0 Å². The quantitative estimate of drug-likeness (QED) is 0.281. The molecule has 2 aromatic heterocycles. The average Bonchev–Trinajstić information content (AvgIpc) is 2.80. The second kappa shape index (κ2) is 8.71. The summed E-state index contributed by atoms with van der Waals surface area (Å²) in [5, 5.41) is 12.5. The topological polar surface area (TPSA) is 117 Å². The third-order valence-electron chi connectivity index (χ3n) is 5.11. The molecule has 4 rings (SSSR count). The maximum atomic E-state index is 13.0. The van der Waals surface area contributed by atoms with Gasteiger partial charge in [0.25, 0.3) is 15.6 Å². The van der Waals surface area contributed by atoms with Crippen molar-refractivity contribution in [3.8, 4) is 5.69 Å². The minimum Gasteiger partial charge on any atom is -0.362 e. The van der Waals surface area contributed by atoms with Crippen molar-refractivity contribution < 1.29 is 8.42 Å². The molecule has 8 nitrogen and oxygen atoms in total. The molecule has 0 unspecified atom stereocenters. The molecule has 0 fully saturated rings. The van der Waals surface area contributed by atoms with Crippen LogP contribution in [0.25, 0.3) is 27.5 Å². The fourth-order valence-corrected chi connectivity index (χ4v) is 4.11. The van der Waals surface area contributed by atoms with E-state index < -0.39 is 10.0 Å². The predicted molar refractivity (Wildman–Crippen MR) is 134 cm³/mol. The molecule has 2 aromatic carbocycles. The van der Waals surface area contributed by atoms with E-state index >= 15 is 0 Å². The molecule has 0 aliphatic heterocycles. The molecule has 3 N–H and O–H groups in total. The molecule has 2 heterocycles. The zero-order valence-corrected chi connectivity index (χ0v) is 18.6. The predicted octanol–water partition coefficient (Wildman–Crippen LogP) is 4.31. The van der Waals surface area contributed by atoms with Crippen LogP contribution in [0.4, 0.5) is 11.4 Å². The van der Waals surface area contributed by atoms with Gasteiger partial charge >= 0.3 is 0 Å². The third kappa shape index (κ3) is 4.39. The lowest BCUT2D eigenvalue weighted by atomic mass is 10.1. The number of rotatable bonds is 7. The summed E-state index contributed by atoms with van der Waals surface area (Å²) in [5.41, 5.74) is 3.41. The van der Waals surface area contributed by atoms with Crippen LogP contribution in [0.1, 0.15) is 5.56 Å². The van der Waals surface area contributed by atoms with Crippen molar-refractivity contribution in [1.82, 2.24) is 9.55 Å². The average molecular weight is 460 g/mol. The molecule has 166 valence electrons. The summed E-state index contributed by atoms with van der Waals surface area (Å²) >= 11 is 0. The zero-order valence-electron chi connectivity index (χ0n) is 17.7. The molecule has 0 spiro atoms. The van der Waals surface area contributed by atoms with E-state index in [4.69, 9.17) is 5.41 Å². The van der Waals surface area contributed by atoms with Crippen LogP contribution in [0.2, 0.25) is 0 Å². The lowest BCUT2D eigenvalue weighted by Gasteiger charge is -2.15. The first-order valence-electron chi connectivity index (χ1n) is 9.96. The smallest absolute Gasteiger partial charge is 0.255 e. The molecule has 0 bridgehead atoms. The van der Waals surface area contributed by atoms with Crippen LogP contribution < -0.4 is 15.6 Å². The zero-order chi connectivity index (χ0) is 23.6. The molecule has 4 aromatic rings. The Kier molecular flexibility index (Phi) is 5.80. The first kappa shape index (κ1) is 22.0. The summed E-state index contributed by atoms with van der Waals surface area (Å²) in [7, 11) is -3.71. The highest BCUT2D eigenvalue weighted by Crippen LogP contribution is 2.29. The lowest BCUT2D eigenvalue weighted by Crippen LogP contribution is -2.18. The molecule has 0 saturated heterocycles. The number of hydrogen-bond donors (Lipinski definition) is 3. The van der Waals surface area contributed by atoms with E-state index in [0.717, 1.165) is 28.1 Å². The molecule has 0 amide bonds. The van der Waals surface area contributed by atoms with Crippen LogP contribution in [0.5, 0.6) is 0 Å². The number of aromatic nitrogens is 2. The van der Waals surface area contributed by atoms with E-state index in [1.54, 1.807) is 54.2 Å². The molecular formula is C24H21N5O3S. The van der Waals surface area contributed by atoms with E-state index in [1.807, 2.05) is 18.2 Å². The van der Waals surface area contributed by atoms with Crippen LogP contribution in [0.3, 0.4) is 0 Å². The highest BCUT2D eigenvalue weighted by molar-refractivity contribution is 7.95. The van der Waals surface area contributed by atoms with Crippen molar-refractivity contribution in [3.63, 3.8) is 0 Å². The molecule has 0 saturated carbocycles. The van der Waals surface area contributed by atoms with E-state index in [-0.39, 0.29) is 5.56 Å².